The first-order chi connectivity index (χ1) is 15.5. The Hall–Kier alpha value is -3.11. The van der Waals surface area contributed by atoms with Crippen molar-refractivity contribution in [2.45, 2.75) is 50.5 Å². The second-order valence-corrected chi connectivity index (χ2v) is 8.37. The smallest absolute Gasteiger partial charge is 0.410 e. The van der Waals surface area contributed by atoms with Crippen molar-refractivity contribution in [2.75, 3.05) is 32.8 Å². The van der Waals surface area contributed by atoms with E-state index in [1.54, 1.807) is 6.20 Å². The van der Waals surface area contributed by atoms with Crippen LogP contribution < -0.4 is 5.32 Å². The van der Waals surface area contributed by atoms with Gasteiger partial charge in [-0.1, -0.05) is 0 Å². The van der Waals surface area contributed by atoms with E-state index in [2.05, 4.69) is 15.5 Å². The Bertz CT molecular complexity index is 770. The molecule has 2 aliphatic heterocycles. The second kappa shape index (κ2) is 11.5. The third-order valence-electron chi connectivity index (χ3n) is 6.39. The minimum atomic E-state index is -0.425. The van der Waals surface area contributed by atoms with E-state index in [9.17, 15) is 14.4 Å². The molecule has 1 saturated carbocycles. The third-order valence-corrected chi connectivity index (χ3v) is 6.39. The van der Waals surface area contributed by atoms with Gasteiger partial charge in [0, 0.05) is 42.9 Å². The van der Waals surface area contributed by atoms with Crippen LogP contribution in [0.2, 0.25) is 0 Å². The normalized spacial score (nSPS) is 23.7. The van der Waals surface area contributed by atoms with Gasteiger partial charge in [-0.15, -0.1) is 0 Å². The highest BCUT2D eigenvalue weighted by atomic mass is 16.6. The molecule has 0 radical (unpaired) electrons. The predicted octanol–water partition coefficient (Wildman–Crippen LogP) is 0.944. The molecule has 3 amide bonds. The van der Waals surface area contributed by atoms with Gasteiger partial charge in [0.2, 0.25) is 11.8 Å². The highest BCUT2D eigenvalue weighted by molar-refractivity contribution is 5.83. The van der Waals surface area contributed by atoms with E-state index in [-0.39, 0.29) is 36.8 Å². The highest BCUT2D eigenvalue weighted by Crippen LogP contribution is 2.30. The Balaban J connectivity index is 0.000000913. The Labute approximate surface area is 186 Å². The first-order valence-electron chi connectivity index (χ1n) is 11.1. The number of piperidine rings is 1. The summed E-state index contributed by atoms with van der Waals surface area (Å²) in [4.78, 5) is 48.3. The van der Waals surface area contributed by atoms with Crippen molar-refractivity contribution >= 4 is 24.4 Å². The molecule has 3 N–H and O–H groups in total. The number of aromatic amines is 1. The molecule has 0 atom stereocenters. The van der Waals surface area contributed by atoms with Crippen LogP contribution in [0.25, 0.3) is 0 Å². The molecule has 0 bridgehead atoms. The molecule has 176 valence electrons. The fraction of sp³-hybridized carbons (Fsp3) is 0.667. The van der Waals surface area contributed by atoms with Gasteiger partial charge in [-0.2, -0.15) is 5.10 Å². The predicted molar refractivity (Wildman–Crippen MR) is 113 cm³/mol. The van der Waals surface area contributed by atoms with Gasteiger partial charge in [0.05, 0.1) is 6.54 Å². The van der Waals surface area contributed by atoms with Gasteiger partial charge in [0.25, 0.3) is 6.47 Å². The summed E-state index contributed by atoms with van der Waals surface area (Å²) in [5.74, 6) is 0.623. The van der Waals surface area contributed by atoms with E-state index in [0.29, 0.717) is 19.1 Å². The summed E-state index contributed by atoms with van der Waals surface area (Å²) in [7, 11) is 0. The van der Waals surface area contributed by atoms with Crippen LogP contribution in [0.1, 0.15) is 50.1 Å². The summed E-state index contributed by atoms with van der Waals surface area (Å²) in [5, 5.41) is 17.0. The molecule has 32 heavy (non-hydrogen) atoms. The standard InChI is InChI=1S/C20H29N5O4.CH2O2/c26-18(13-25-11-12-29-20(25)28)22-16-3-1-15(2-4-16)19(27)24-9-6-14(7-10-24)17-5-8-21-23-17;2-1-3/h5,8,14-16H,1-4,6-7,9-13H2,(H,21,23)(H,22,26);1H,(H,2,3). The molecule has 11 heteroatoms. The maximum atomic E-state index is 12.9. The van der Waals surface area contributed by atoms with Crippen molar-refractivity contribution in [1.82, 2.24) is 25.3 Å². The molecule has 3 fully saturated rings. The number of rotatable bonds is 5. The molecule has 1 aliphatic carbocycles. The number of carbonyl (C=O) groups is 4. The molecule has 3 heterocycles. The Kier molecular flexibility index (Phi) is 8.46. The van der Waals surface area contributed by atoms with E-state index in [0.717, 1.165) is 57.3 Å². The highest BCUT2D eigenvalue weighted by Gasteiger charge is 2.33. The van der Waals surface area contributed by atoms with Gasteiger partial charge >= 0.3 is 6.09 Å². The molecule has 0 aromatic carbocycles. The number of nitrogens with one attached hydrogen (secondary N) is 2. The van der Waals surface area contributed by atoms with E-state index in [1.807, 2.05) is 11.0 Å². The van der Waals surface area contributed by atoms with Gasteiger partial charge < -0.3 is 20.1 Å². The van der Waals surface area contributed by atoms with Gasteiger partial charge in [-0.25, -0.2) is 4.79 Å². The summed E-state index contributed by atoms with van der Waals surface area (Å²) in [6, 6.07) is 2.10. The molecule has 0 unspecified atom stereocenters. The Morgan fingerprint density at radius 1 is 1.19 bits per heavy atom. The monoisotopic (exact) mass is 449 g/mol. The lowest BCUT2D eigenvalue weighted by atomic mass is 9.84. The molecule has 2 saturated heterocycles. The number of nitrogens with zero attached hydrogens (tertiary/aromatic N) is 3. The van der Waals surface area contributed by atoms with Crippen molar-refractivity contribution in [3.63, 3.8) is 0 Å². The van der Waals surface area contributed by atoms with E-state index < -0.39 is 6.09 Å². The average Bonchev–Trinajstić information content (AvgIpc) is 3.47. The number of hydrogen-bond acceptors (Lipinski definition) is 6. The molecular formula is C21H31N5O6. The topological polar surface area (TPSA) is 145 Å². The molecule has 0 spiro atoms. The maximum Gasteiger partial charge on any atom is 0.410 e. The lowest BCUT2D eigenvalue weighted by Gasteiger charge is -2.36. The van der Waals surface area contributed by atoms with Gasteiger partial charge in [0.1, 0.15) is 13.2 Å². The largest absolute Gasteiger partial charge is 0.483 e. The van der Waals surface area contributed by atoms with Crippen LogP contribution in [0.5, 0.6) is 0 Å². The quantitative estimate of drug-likeness (QED) is 0.567. The molecule has 11 nitrogen and oxygen atoms in total. The number of hydrogen-bond donors (Lipinski definition) is 3. The fourth-order valence-electron chi connectivity index (χ4n) is 4.66. The van der Waals surface area contributed by atoms with Crippen LogP contribution in [0.15, 0.2) is 12.3 Å². The van der Waals surface area contributed by atoms with Crippen LogP contribution in [-0.4, -0.2) is 88.3 Å². The lowest BCUT2D eigenvalue weighted by molar-refractivity contribution is -0.137. The lowest BCUT2D eigenvalue weighted by Crippen LogP contribution is -2.46. The molecular weight excluding hydrogens is 418 g/mol. The summed E-state index contributed by atoms with van der Waals surface area (Å²) >= 11 is 0. The van der Waals surface area contributed by atoms with Crippen LogP contribution in [0.3, 0.4) is 0 Å². The Morgan fingerprint density at radius 2 is 1.88 bits per heavy atom. The van der Waals surface area contributed by atoms with Crippen LogP contribution in [0.4, 0.5) is 4.79 Å². The van der Waals surface area contributed by atoms with Crippen molar-refractivity contribution in [2.24, 2.45) is 5.92 Å². The summed E-state index contributed by atoms with van der Waals surface area (Å²) in [6.45, 7) is 2.20. The molecule has 4 rings (SSSR count). The number of carboxylic acid groups (broad SMARTS) is 1. The fourth-order valence-corrected chi connectivity index (χ4v) is 4.66. The zero-order valence-corrected chi connectivity index (χ0v) is 18.1. The van der Waals surface area contributed by atoms with Crippen LogP contribution >= 0.6 is 0 Å². The zero-order valence-electron chi connectivity index (χ0n) is 18.1. The number of likely N-dealkylation sites (tertiary alicyclic amines) is 1. The second-order valence-electron chi connectivity index (χ2n) is 8.37. The SMILES string of the molecule is O=C(CN1CCOC1=O)NC1CCC(C(=O)N2CCC(c3ccn[nH]3)CC2)CC1.O=CO. The number of ether oxygens (including phenoxy) is 1. The molecule has 1 aromatic rings. The van der Waals surface area contributed by atoms with Gasteiger partial charge in [-0.3, -0.25) is 24.4 Å². The molecule has 1 aromatic heterocycles. The van der Waals surface area contributed by atoms with Gasteiger partial charge in [-0.05, 0) is 44.6 Å². The van der Waals surface area contributed by atoms with Crippen LogP contribution in [-0.2, 0) is 19.1 Å². The van der Waals surface area contributed by atoms with Crippen molar-refractivity contribution in [3.05, 3.63) is 18.0 Å². The third kappa shape index (κ3) is 6.21. The van der Waals surface area contributed by atoms with Crippen molar-refractivity contribution in [3.8, 4) is 0 Å². The average molecular weight is 450 g/mol. The first kappa shape index (κ1) is 23.6. The van der Waals surface area contributed by atoms with Gasteiger partial charge in [0.15, 0.2) is 0 Å². The van der Waals surface area contributed by atoms with E-state index in [4.69, 9.17) is 14.6 Å². The maximum absolute atomic E-state index is 12.9. The van der Waals surface area contributed by atoms with E-state index >= 15 is 0 Å². The van der Waals surface area contributed by atoms with E-state index in [1.165, 1.54) is 4.90 Å². The minimum absolute atomic E-state index is 0.0446. The minimum Gasteiger partial charge on any atom is -0.483 e. The number of H-pyrrole nitrogens is 1. The summed E-state index contributed by atoms with van der Waals surface area (Å²) in [5.41, 5.74) is 1.16. The number of cyclic esters (lactones) is 1. The number of carbonyl (C=O) groups excluding carboxylic acids is 3. The first-order valence-corrected chi connectivity index (χ1v) is 11.1. The van der Waals surface area contributed by atoms with Crippen LogP contribution in [0, 0.1) is 5.92 Å². The summed E-state index contributed by atoms with van der Waals surface area (Å²) in [6.07, 6.45) is 6.50. The number of amides is 3. The molecule has 3 aliphatic rings. The Morgan fingerprint density at radius 3 is 2.44 bits per heavy atom. The van der Waals surface area contributed by atoms with Crippen molar-refractivity contribution < 1.29 is 29.0 Å². The zero-order chi connectivity index (χ0) is 22.9. The summed E-state index contributed by atoms with van der Waals surface area (Å²) < 4.78 is 4.84. The number of aromatic nitrogens is 2. The van der Waals surface area contributed by atoms with Crippen molar-refractivity contribution in [1.29, 1.82) is 0 Å².